The number of halogens is 5. The van der Waals surface area contributed by atoms with Gasteiger partial charge in [-0.3, -0.25) is 4.79 Å². The fourth-order valence-electron chi connectivity index (χ4n) is 3.69. The first-order valence-corrected chi connectivity index (χ1v) is 10.9. The molecule has 3 aromatic rings. The minimum atomic E-state index is -2.73. The zero-order chi connectivity index (χ0) is 22.5. The summed E-state index contributed by atoms with van der Waals surface area (Å²) >= 11 is 2.10. The number of carbonyl (C=O) groups excluding carboxylic acids is 1. The minimum Gasteiger partial charge on any atom is -0.368 e. The van der Waals surface area contributed by atoms with Gasteiger partial charge in [0, 0.05) is 38.3 Å². The van der Waals surface area contributed by atoms with Crippen LogP contribution in [-0.2, 0) is 11.2 Å². The van der Waals surface area contributed by atoms with Crippen molar-refractivity contribution in [1.29, 1.82) is 0 Å². The van der Waals surface area contributed by atoms with Gasteiger partial charge in [-0.1, -0.05) is 22.6 Å². The number of benzene rings is 1. The lowest BCUT2D eigenvalue weighted by atomic mass is 9.80. The number of carbonyl (C=O) groups is 1. The summed E-state index contributed by atoms with van der Waals surface area (Å²) in [4.78, 5) is 22.1. The van der Waals surface area contributed by atoms with Gasteiger partial charge in [-0.05, 0) is 18.9 Å². The lowest BCUT2D eigenvalue weighted by molar-refractivity contribution is -0.158. The summed E-state index contributed by atoms with van der Waals surface area (Å²) in [5.74, 6) is -4.87. The number of nitrogens with zero attached hydrogens (tertiary/aromatic N) is 5. The van der Waals surface area contributed by atoms with Crippen LogP contribution >= 0.6 is 22.6 Å². The van der Waals surface area contributed by atoms with Crippen molar-refractivity contribution in [3.63, 3.8) is 0 Å². The second kappa shape index (κ2) is 8.02. The first kappa shape index (κ1) is 22.0. The molecule has 0 radical (unpaired) electrons. The fraction of sp³-hybridized carbons (Fsp3) is 0.474. The van der Waals surface area contributed by atoms with Gasteiger partial charge in [-0.15, -0.1) is 5.10 Å². The number of anilines is 1. The molecule has 12 heteroatoms. The van der Waals surface area contributed by atoms with E-state index in [-0.39, 0.29) is 32.5 Å². The number of nitrogen functional groups attached to an aromatic ring is 1. The molecule has 1 atom stereocenters. The highest BCUT2D eigenvalue weighted by Crippen LogP contribution is 2.43. The number of fused-ring (bicyclic) bond motifs is 3. The Labute approximate surface area is 188 Å². The monoisotopic (exact) mass is 550 g/mol. The maximum atomic E-state index is 14.0. The molecule has 1 amide bonds. The Morgan fingerprint density at radius 1 is 1.35 bits per heavy atom. The standard InChI is InChI=1S/C19H19F4IN6O/c1-29(17(31)9-7-19(22,23)8-9)13(24)3-2-4-14-26-16-11-5-10(20)6-12(21)15(11)27-18(25)30(16)28-14/h5-6,9,13H,2-4,7-8H2,1H3,(H2,25,27). The van der Waals surface area contributed by atoms with Crippen LogP contribution in [0.2, 0.25) is 0 Å². The van der Waals surface area contributed by atoms with E-state index in [4.69, 9.17) is 5.73 Å². The van der Waals surface area contributed by atoms with E-state index in [0.717, 1.165) is 12.1 Å². The van der Waals surface area contributed by atoms with Crippen molar-refractivity contribution in [1.82, 2.24) is 24.5 Å². The van der Waals surface area contributed by atoms with E-state index < -0.39 is 36.3 Å². The van der Waals surface area contributed by atoms with Crippen molar-refractivity contribution in [3.8, 4) is 0 Å². The molecule has 1 saturated carbocycles. The number of hydrogen-bond acceptors (Lipinski definition) is 5. The normalized spacial score (nSPS) is 17.1. The Balaban J connectivity index is 1.43. The van der Waals surface area contributed by atoms with Crippen LogP contribution in [-0.4, -0.2) is 47.4 Å². The highest BCUT2D eigenvalue weighted by Gasteiger charge is 2.49. The average Bonchev–Trinajstić information content (AvgIpc) is 3.11. The maximum absolute atomic E-state index is 14.0. The van der Waals surface area contributed by atoms with E-state index in [0.29, 0.717) is 25.1 Å². The first-order chi connectivity index (χ1) is 14.6. The summed E-state index contributed by atoms with van der Waals surface area (Å²) in [6.07, 6.45) is 0.851. The predicted molar refractivity (Wildman–Crippen MR) is 114 cm³/mol. The quantitative estimate of drug-likeness (QED) is 0.219. The van der Waals surface area contributed by atoms with Gasteiger partial charge in [-0.25, -0.2) is 27.5 Å². The zero-order valence-electron chi connectivity index (χ0n) is 16.5. The van der Waals surface area contributed by atoms with Crippen molar-refractivity contribution in [3.05, 3.63) is 29.6 Å². The number of amides is 1. The number of hydrogen-bond donors (Lipinski definition) is 1. The molecule has 1 aliphatic carbocycles. The van der Waals surface area contributed by atoms with Gasteiger partial charge >= 0.3 is 0 Å². The molecule has 2 N–H and O–H groups in total. The molecule has 2 aromatic heterocycles. The van der Waals surface area contributed by atoms with Crippen LogP contribution in [0.3, 0.4) is 0 Å². The van der Waals surface area contributed by atoms with Crippen molar-refractivity contribution >= 4 is 51.0 Å². The SMILES string of the molecule is CN(C(=O)C1CC(F)(F)C1)C(I)CCCc1nc2c3cc(F)cc(F)c3nc(N)n2n1. The molecule has 31 heavy (non-hydrogen) atoms. The summed E-state index contributed by atoms with van der Waals surface area (Å²) in [6, 6.07) is 1.86. The van der Waals surface area contributed by atoms with Crippen LogP contribution in [0.1, 0.15) is 31.5 Å². The smallest absolute Gasteiger partial charge is 0.249 e. The van der Waals surface area contributed by atoms with Crippen molar-refractivity contribution < 1.29 is 22.4 Å². The van der Waals surface area contributed by atoms with E-state index in [1.165, 1.54) is 9.42 Å². The summed E-state index contributed by atoms with van der Waals surface area (Å²) in [7, 11) is 1.61. The molecule has 1 fully saturated rings. The lowest BCUT2D eigenvalue weighted by Crippen LogP contribution is -2.47. The highest BCUT2D eigenvalue weighted by molar-refractivity contribution is 14.1. The van der Waals surface area contributed by atoms with E-state index in [1.807, 2.05) is 0 Å². The van der Waals surface area contributed by atoms with Gasteiger partial charge in [-0.2, -0.15) is 4.52 Å². The number of aryl methyl sites for hydroxylation is 1. The zero-order valence-corrected chi connectivity index (χ0v) is 18.6. The Hall–Kier alpha value is -2.25. The topological polar surface area (TPSA) is 89.4 Å². The summed E-state index contributed by atoms with van der Waals surface area (Å²) in [6.45, 7) is 0. The number of rotatable bonds is 6. The molecule has 0 spiro atoms. The number of alkyl halides is 3. The molecule has 166 valence electrons. The molecular weight excluding hydrogens is 531 g/mol. The Morgan fingerprint density at radius 3 is 2.74 bits per heavy atom. The molecule has 1 unspecified atom stereocenters. The van der Waals surface area contributed by atoms with Crippen LogP contribution < -0.4 is 5.73 Å². The third-order valence-corrected chi connectivity index (χ3v) is 6.87. The second-order valence-corrected chi connectivity index (χ2v) is 9.19. The van der Waals surface area contributed by atoms with Crippen LogP contribution in [0.5, 0.6) is 0 Å². The third kappa shape index (κ3) is 4.26. The largest absolute Gasteiger partial charge is 0.368 e. The molecule has 2 heterocycles. The Bertz CT molecular complexity index is 1160. The van der Waals surface area contributed by atoms with Crippen molar-refractivity contribution in [2.24, 2.45) is 5.92 Å². The number of aromatic nitrogens is 4. The summed E-state index contributed by atoms with van der Waals surface area (Å²) in [5.41, 5.74) is 5.97. The third-order valence-electron chi connectivity index (χ3n) is 5.41. The van der Waals surface area contributed by atoms with Crippen molar-refractivity contribution in [2.75, 3.05) is 12.8 Å². The van der Waals surface area contributed by atoms with Crippen LogP contribution in [0.15, 0.2) is 12.1 Å². The van der Waals surface area contributed by atoms with Gasteiger partial charge in [0.15, 0.2) is 17.3 Å². The van der Waals surface area contributed by atoms with Crippen LogP contribution in [0, 0.1) is 17.6 Å². The predicted octanol–water partition coefficient (Wildman–Crippen LogP) is 3.73. The van der Waals surface area contributed by atoms with Gasteiger partial charge in [0.05, 0.1) is 9.43 Å². The summed E-state index contributed by atoms with van der Waals surface area (Å²) in [5, 5.41) is 4.44. The first-order valence-electron chi connectivity index (χ1n) is 9.64. The highest BCUT2D eigenvalue weighted by atomic mass is 127. The van der Waals surface area contributed by atoms with Gasteiger partial charge in [0.1, 0.15) is 11.3 Å². The van der Waals surface area contributed by atoms with Gasteiger partial charge in [0.25, 0.3) is 0 Å². The van der Waals surface area contributed by atoms with E-state index in [9.17, 15) is 22.4 Å². The van der Waals surface area contributed by atoms with E-state index in [1.54, 1.807) is 7.05 Å². The minimum absolute atomic E-state index is 0.0684. The molecule has 1 aromatic carbocycles. The van der Waals surface area contributed by atoms with Crippen LogP contribution in [0.25, 0.3) is 16.6 Å². The second-order valence-electron chi connectivity index (χ2n) is 7.75. The molecule has 4 rings (SSSR count). The van der Waals surface area contributed by atoms with Crippen LogP contribution in [0.4, 0.5) is 23.5 Å². The lowest BCUT2D eigenvalue weighted by Gasteiger charge is -2.37. The van der Waals surface area contributed by atoms with Gasteiger partial charge < -0.3 is 10.6 Å². The molecule has 0 bridgehead atoms. The Kier molecular flexibility index (Phi) is 5.68. The molecule has 0 aliphatic heterocycles. The fourth-order valence-corrected chi connectivity index (χ4v) is 4.41. The molecule has 0 saturated heterocycles. The van der Waals surface area contributed by atoms with Crippen molar-refractivity contribution in [2.45, 2.75) is 42.1 Å². The van der Waals surface area contributed by atoms with Gasteiger partial charge in [0.2, 0.25) is 17.8 Å². The summed E-state index contributed by atoms with van der Waals surface area (Å²) < 4.78 is 54.8. The maximum Gasteiger partial charge on any atom is 0.249 e. The van der Waals surface area contributed by atoms with E-state index >= 15 is 0 Å². The Morgan fingerprint density at radius 2 is 2.06 bits per heavy atom. The van der Waals surface area contributed by atoms with E-state index in [2.05, 4.69) is 37.7 Å². The molecule has 7 nitrogen and oxygen atoms in total. The average molecular weight is 550 g/mol. The molecular formula is C19H19F4IN6O. The number of nitrogens with two attached hydrogens (primary N) is 1. The molecule has 1 aliphatic rings.